The third-order valence-corrected chi connectivity index (χ3v) is 3.37. The number of hydrogen-bond donors (Lipinski definition) is 3. The van der Waals surface area contributed by atoms with E-state index in [0.29, 0.717) is 13.1 Å². The lowest BCUT2D eigenvalue weighted by Gasteiger charge is -2.28. The molecule has 0 aromatic rings. The molecule has 0 aromatic heterocycles. The van der Waals surface area contributed by atoms with Crippen molar-refractivity contribution in [2.24, 2.45) is 11.8 Å². The highest BCUT2D eigenvalue weighted by molar-refractivity contribution is 5.85. The first-order chi connectivity index (χ1) is 7.65. The van der Waals surface area contributed by atoms with Crippen molar-refractivity contribution in [2.45, 2.75) is 38.7 Å². The third kappa shape index (κ3) is 5.70. The molecule has 1 rings (SSSR count). The molecule has 1 aliphatic carbocycles. The Morgan fingerprint density at radius 1 is 1.41 bits per heavy atom. The number of rotatable bonds is 5. The summed E-state index contributed by atoms with van der Waals surface area (Å²) in [7, 11) is 1.84. The summed E-state index contributed by atoms with van der Waals surface area (Å²) in [6, 6.07) is 0. The molecule has 0 aromatic carbocycles. The van der Waals surface area contributed by atoms with Crippen LogP contribution in [-0.4, -0.2) is 37.3 Å². The van der Waals surface area contributed by atoms with Gasteiger partial charge < -0.3 is 15.7 Å². The lowest BCUT2D eigenvalue weighted by Crippen LogP contribution is -2.40. The van der Waals surface area contributed by atoms with E-state index >= 15 is 0 Å². The molecule has 3 atom stereocenters. The summed E-state index contributed by atoms with van der Waals surface area (Å²) in [5.41, 5.74) is 0. The van der Waals surface area contributed by atoms with Crippen molar-refractivity contribution in [3.05, 3.63) is 0 Å². The van der Waals surface area contributed by atoms with E-state index in [2.05, 4.69) is 10.6 Å². The number of hydrogen-bond acceptors (Lipinski definition) is 3. The standard InChI is InChI=1S/C12H24N2O2.ClH/c1-9(7-13-2)12(16)14-8-10-5-3-4-6-11(10)15;/h9-11,13,15H,3-8H2,1-2H3,(H,14,16);1H. The van der Waals surface area contributed by atoms with E-state index in [0.717, 1.165) is 19.3 Å². The van der Waals surface area contributed by atoms with Crippen molar-refractivity contribution in [3.8, 4) is 0 Å². The van der Waals surface area contributed by atoms with Crippen LogP contribution in [0.5, 0.6) is 0 Å². The highest BCUT2D eigenvalue weighted by Crippen LogP contribution is 2.23. The first kappa shape index (κ1) is 16.7. The molecule has 1 amide bonds. The Balaban J connectivity index is 0.00000256. The van der Waals surface area contributed by atoms with Gasteiger partial charge in [-0.25, -0.2) is 0 Å². The molecule has 1 saturated carbocycles. The van der Waals surface area contributed by atoms with Crippen LogP contribution in [0.2, 0.25) is 0 Å². The van der Waals surface area contributed by atoms with Gasteiger partial charge in [-0.3, -0.25) is 4.79 Å². The Hall–Kier alpha value is -0.320. The van der Waals surface area contributed by atoms with Crippen LogP contribution in [0, 0.1) is 11.8 Å². The average molecular weight is 265 g/mol. The van der Waals surface area contributed by atoms with E-state index in [-0.39, 0.29) is 36.3 Å². The fourth-order valence-electron chi connectivity index (χ4n) is 2.23. The van der Waals surface area contributed by atoms with Crippen LogP contribution in [0.3, 0.4) is 0 Å². The lowest BCUT2D eigenvalue weighted by atomic mass is 9.86. The SMILES string of the molecule is CNCC(C)C(=O)NCC1CCCCC1O.Cl. The fraction of sp³-hybridized carbons (Fsp3) is 0.917. The van der Waals surface area contributed by atoms with Gasteiger partial charge in [0.05, 0.1) is 6.10 Å². The third-order valence-electron chi connectivity index (χ3n) is 3.37. The van der Waals surface area contributed by atoms with Gasteiger partial charge in [-0.05, 0) is 19.9 Å². The van der Waals surface area contributed by atoms with Gasteiger partial charge in [0.2, 0.25) is 5.91 Å². The molecule has 0 aliphatic heterocycles. The predicted molar refractivity (Wildman–Crippen MR) is 71.3 cm³/mol. The summed E-state index contributed by atoms with van der Waals surface area (Å²) in [6.07, 6.45) is 3.97. The zero-order chi connectivity index (χ0) is 12.0. The number of amides is 1. The van der Waals surface area contributed by atoms with Gasteiger partial charge in [0.1, 0.15) is 0 Å². The molecule has 0 bridgehead atoms. The molecular formula is C12H25ClN2O2. The minimum atomic E-state index is -0.228. The molecule has 3 N–H and O–H groups in total. The highest BCUT2D eigenvalue weighted by atomic mass is 35.5. The minimum absolute atomic E-state index is 0. The maximum absolute atomic E-state index is 11.6. The monoisotopic (exact) mass is 264 g/mol. The van der Waals surface area contributed by atoms with Crippen LogP contribution in [0.1, 0.15) is 32.6 Å². The zero-order valence-corrected chi connectivity index (χ0v) is 11.6. The molecular weight excluding hydrogens is 240 g/mol. The van der Waals surface area contributed by atoms with E-state index in [1.54, 1.807) is 0 Å². The summed E-state index contributed by atoms with van der Waals surface area (Å²) < 4.78 is 0. The summed E-state index contributed by atoms with van der Waals surface area (Å²) >= 11 is 0. The van der Waals surface area contributed by atoms with Gasteiger partial charge in [-0.15, -0.1) is 12.4 Å². The Labute approximate surface area is 110 Å². The van der Waals surface area contributed by atoms with Gasteiger partial charge in [0, 0.05) is 24.9 Å². The molecule has 1 aliphatic rings. The van der Waals surface area contributed by atoms with Gasteiger partial charge in [0.15, 0.2) is 0 Å². The number of carbonyl (C=O) groups excluding carboxylic acids is 1. The van der Waals surface area contributed by atoms with Crippen molar-refractivity contribution >= 4 is 18.3 Å². The number of carbonyl (C=O) groups is 1. The molecule has 17 heavy (non-hydrogen) atoms. The minimum Gasteiger partial charge on any atom is -0.393 e. The summed E-state index contributed by atoms with van der Waals surface area (Å²) in [4.78, 5) is 11.6. The molecule has 4 nitrogen and oxygen atoms in total. The zero-order valence-electron chi connectivity index (χ0n) is 10.7. The van der Waals surface area contributed by atoms with Crippen molar-refractivity contribution < 1.29 is 9.90 Å². The molecule has 0 heterocycles. The van der Waals surface area contributed by atoms with E-state index < -0.39 is 0 Å². The van der Waals surface area contributed by atoms with Crippen LogP contribution in [-0.2, 0) is 4.79 Å². The Kier molecular flexibility index (Phi) is 8.56. The fourth-order valence-corrected chi connectivity index (χ4v) is 2.23. The van der Waals surface area contributed by atoms with Crippen molar-refractivity contribution in [2.75, 3.05) is 20.1 Å². The second-order valence-electron chi connectivity index (χ2n) is 4.82. The molecule has 1 fully saturated rings. The molecule has 0 radical (unpaired) electrons. The quantitative estimate of drug-likeness (QED) is 0.692. The lowest BCUT2D eigenvalue weighted by molar-refractivity contribution is -0.124. The first-order valence-electron chi connectivity index (χ1n) is 6.25. The second-order valence-corrected chi connectivity index (χ2v) is 4.82. The average Bonchev–Trinajstić information content (AvgIpc) is 2.28. The number of aliphatic hydroxyl groups excluding tert-OH is 1. The Morgan fingerprint density at radius 3 is 2.65 bits per heavy atom. The van der Waals surface area contributed by atoms with Crippen LogP contribution >= 0.6 is 12.4 Å². The maximum atomic E-state index is 11.6. The van der Waals surface area contributed by atoms with Gasteiger partial charge in [-0.1, -0.05) is 19.8 Å². The highest BCUT2D eigenvalue weighted by Gasteiger charge is 2.23. The van der Waals surface area contributed by atoms with Crippen molar-refractivity contribution in [1.82, 2.24) is 10.6 Å². The van der Waals surface area contributed by atoms with Crippen LogP contribution < -0.4 is 10.6 Å². The van der Waals surface area contributed by atoms with Crippen LogP contribution in [0.4, 0.5) is 0 Å². The topological polar surface area (TPSA) is 61.4 Å². The number of halogens is 1. The smallest absolute Gasteiger partial charge is 0.224 e. The summed E-state index contributed by atoms with van der Waals surface area (Å²) in [6.45, 7) is 3.22. The van der Waals surface area contributed by atoms with Crippen LogP contribution in [0.25, 0.3) is 0 Å². The first-order valence-corrected chi connectivity index (χ1v) is 6.25. The van der Waals surface area contributed by atoms with E-state index in [9.17, 15) is 9.90 Å². The van der Waals surface area contributed by atoms with Crippen molar-refractivity contribution in [1.29, 1.82) is 0 Å². The number of aliphatic hydroxyl groups is 1. The van der Waals surface area contributed by atoms with Gasteiger partial charge in [0.25, 0.3) is 0 Å². The largest absolute Gasteiger partial charge is 0.393 e. The van der Waals surface area contributed by atoms with Crippen LogP contribution in [0.15, 0.2) is 0 Å². The van der Waals surface area contributed by atoms with Gasteiger partial charge in [-0.2, -0.15) is 0 Å². The second kappa shape index (κ2) is 8.72. The number of nitrogens with one attached hydrogen (secondary N) is 2. The maximum Gasteiger partial charge on any atom is 0.224 e. The normalized spacial score (nSPS) is 25.8. The van der Waals surface area contributed by atoms with E-state index in [1.165, 1.54) is 6.42 Å². The summed E-state index contributed by atoms with van der Waals surface area (Å²) in [5.74, 6) is 0.317. The van der Waals surface area contributed by atoms with Gasteiger partial charge >= 0.3 is 0 Å². The van der Waals surface area contributed by atoms with E-state index in [4.69, 9.17) is 0 Å². The van der Waals surface area contributed by atoms with Crippen molar-refractivity contribution in [3.63, 3.8) is 0 Å². The molecule has 0 spiro atoms. The molecule has 5 heteroatoms. The summed E-state index contributed by atoms with van der Waals surface area (Å²) in [5, 5.41) is 15.7. The predicted octanol–water partition coefficient (Wildman–Crippen LogP) is 0.931. The Bertz CT molecular complexity index is 227. The van der Waals surface area contributed by atoms with E-state index in [1.807, 2.05) is 14.0 Å². The molecule has 102 valence electrons. The molecule has 3 unspecified atom stereocenters. The molecule has 0 saturated heterocycles. The Morgan fingerprint density at radius 2 is 2.06 bits per heavy atom.